The monoisotopic (exact) mass is 294 g/mol. The van der Waals surface area contributed by atoms with E-state index in [0.29, 0.717) is 6.17 Å². The van der Waals surface area contributed by atoms with E-state index in [-0.39, 0.29) is 0 Å². The normalized spacial score (nSPS) is 19.0. The number of para-hydroxylation sites is 1. The molecule has 0 N–H and O–H groups in total. The average molecular weight is 294 g/mol. The number of benzene rings is 2. The van der Waals surface area contributed by atoms with Crippen LogP contribution in [-0.4, -0.2) is 24.7 Å². The Morgan fingerprint density at radius 3 is 2.50 bits per heavy atom. The maximum Gasteiger partial charge on any atom is 0.0839 e. The van der Waals surface area contributed by atoms with E-state index in [9.17, 15) is 0 Å². The molecule has 22 heavy (non-hydrogen) atoms. The van der Waals surface area contributed by atoms with E-state index in [2.05, 4.69) is 80.9 Å². The van der Waals surface area contributed by atoms with Gasteiger partial charge >= 0.3 is 0 Å². The highest BCUT2D eigenvalue weighted by molar-refractivity contribution is 5.71. The van der Waals surface area contributed by atoms with Crippen LogP contribution in [0.1, 0.15) is 29.2 Å². The minimum absolute atomic E-state index is 0.351. The molecule has 3 rings (SSSR count). The molecular weight excluding hydrogens is 268 g/mol. The molecule has 0 aromatic heterocycles. The Labute approximate surface area is 134 Å². The van der Waals surface area contributed by atoms with Crippen LogP contribution < -0.4 is 4.90 Å². The third-order valence-corrected chi connectivity index (χ3v) is 5.04. The maximum absolute atomic E-state index is 2.51. The van der Waals surface area contributed by atoms with Crippen LogP contribution in [0.15, 0.2) is 36.4 Å². The first-order chi connectivity index (χ1) is 10.5. The number of hydrogen-bond acceptors (Lipinski definition) is 2. The Kier molecular flexibility index (Phi) is 3.96. The number of nitrogens with zero attached hydrogens (tertiary/aromatic N) is 2. The van der Waals surface area contributed by atoms with Gasteiger partial charge in [-0.15, -0.1) is 0 Å². The first-order valence-corrected chi connectivity index (χ1v) is 8.14. The van der Waals surface area contributed by atoms with Crippen molar-refractivity contribution < 1.29 is 0 Å². The summed E-state index contributed by atoms with van der Waals surface area (Å²) in [5.41, 5.74) is 8.21. The highest BCUT2D eigenvalue weighted by Crippen LogP contribution is 2.37. The number of rotatable bonds is 1. The molecule has 0 fully saturated rings. The lowest BCUT2D eigenvalue weighted by molar-refractivity contribution is 0.271. The van der Waals surface area contributed by atoms with Gasteiger partial charge in [-0.25, -0.2) is 0 Å². The molecule has 0 radical (unpaired) electrons. The molecule has 116 valence electrons. The van der Waals surface area contributed by atoms with Gasteiger partial charge < -0.3 is 4.90 Å². The van der Waals surface area contributed by atoms with Gasteiger partial charge in [0.1, 0.15) is 0 Å². The van der Waals surface area contributed by atoms with Crippen LogP contribution in [0.25, 0.3) is 0 Å². The first-order valence-electron chi connectivity index (χ1n) is 8.14. The molecule has 1 aliphatic rings. The molecule has 2 aromatic rings. The summed E-state index contributed by atoms with van der Waals surface area (Å²) in [6, 6.07) is 13.4. The Morgan fingerprint density at radius 1 is 1.00 bits per heavy atom. The first kappa shape index (κ1) is 15.1. The Morgan fingerprint density at radius 2 is 1.73 bits per heavy atom. The van der Waals surface area contributed by atoms with Crippen molar-refractivity contribution in [2.45, 2.75) is 40.3 Å². The SMILES string of the molecule is Cc1cc(C)c(C)c(N2c3ccccc3CCN(C)C2C)c1. The summed E-state index contributed by atoms with van der Waals surface area (Å²) in [6.45, 7) is 10.0. The molecule has 1 aliphatic heterocycles. The summed E-state index contributed by atoms with van der Waals surface area (Å²) < 4.78 is 0. The summed E-state index contributed by atoms with van der Waals surface area (Å²) in [5.74, 6) is 0. The van der Waals surface area contributed by atoms with Crippen molar-refractivity contribution in [2.75, 3.05) is 18.5 Å². The summed E-state index contributed by atoms with van der Waals surface area (Å²) in [7, 11) is 2.22. The Bertz CT molecular complexity index is 690. The van der Waals surface area contributed by atoms with Crippen molar-refractivity contribution in [3.63, 3.8) is 0 Å². The largest absolute Gasteiger partial charge is 0.325 e. The second-order valence-corrected chi connectivity index (χ2v) is 6.59. The van der Waals surface area contributed by atoms with Gasteiger partial charge in [0.25, 0.3) is 0 Å². The van der Waals surface area contributed by atoms with Gasteiger partial charge in [-0.1, -0.05) is 24.3 Å². The van der Waals surface area contributed by atoms with Gasteiger partial charge in [-0.2, -0.15) is 0 Å². The molecule has 2 aromatic carbocycles. The molecule has 0 aliphatic carbocycles. The average Bonchev–Trinajstić information content (AvgIpc) is 2.61. The Balaban J connectivity index is 2.22. The predicted octanol–water partition coefficient (Wildman–Crippen LogP) is 4.58. The predicted molar refractivity (Wildman–Crippen MR) is 95.0 cm³/mol. The zero-order valence-electron chi connectivity index (χ0n) is 14.4. The third kappa shape index (κ3) is 2.52. The lowest BCUT2D eigenvalue weighted by Crippen LogP contribution is -2.41. The lowest BCUT2D eigenvalue weighted by Gasteiger charge is -2.36. The molecule has 1 atom stereocenters. The van der Waals surface area contributed by atoms with Gasteiger partial charge in [0.15, 0.2) is 0 Å². The molecule has 0 spiro atoms. The lowest BCUT2D eigenvalue weighted by atomic mass is 10.0. The van der Waals surface area contributed by atoms with Crippen molar-refractivity contribution >= 4 is 11.4 Å². The zero-order chi connectivity index (χ0) is 15.9. The second-order valence-electron chi connectivity index (χ2n) is 6.59. The summed E-state index contributed by atoms with van der Waals surface area (Å²) in [4.78, 5) is 4.95. The van der Waals surface area contributed by atoms with Gasteiger partial charge in [0.2, 0.25) is 0 Å². The fourth-order valence-corrected chi connectivity index (χ4v) is 3.44. The maximum atomic E-state index is 2.51. The van der Waals surface area contributed by atoms with Crippen LogP contribution in [0.4, 0.5) is 11.4 Å². The number of likely N-dealkylation sites (N-methyl/N-ethyl adjacent to an activating group) is 1. The molecule has 0 bridgehead atoms. The molecule has 2 heteroatoms. The number of aryl methyl sites for hydroxylation is 2. The number of hydrogen-bond donors (Lipinski definition) is 0. The van der Waals surface area contributed by atoms with Crippen LogP contribution in [-0.2, 0) is 6.42 Å². The van der Waals surface area contributed by atoms with E-state index in [1.54, 1.807) is 0 Å². The highest BCUT2D eigenvalue weighted by Gasteiger charge is 2.27. The van der Waals surface area contributed by atoms with Crippen molar-refractivity contribution in [3.05, 3.63) is 58.7 Å². The molecule has 0 saturated heterocycles. The van der Waals surface area contributed by atoms with Crippen molar-refractivity contribution in [3.8, 4) is 0 Å². The van der Waals surface area contributed by atoms with Gasteiger partial charge in [0, 0.05) is 17.9 Å². The molecule has 1 unspecified atom stereocenters. The fraction of sp³-hybridized carbons (Fsp3) is 0.400. The second kappa shape index (κ2) is 5.77. The van der Waals surface area contributed by atoms with Crippen LogP contribution in [0.5, 0.6) is 0 Å². The van der Waals surface area contributed by atoms with E-state index >= 15 is 0 Å². The van der Waals surface area contributed by atoms with Crippen molar-refractivity contribution in [1.29, 1.82) is 0 Å². The van der Waals surface area contributed by atoms with E-state index in [1.807, 2.05) is 0 Å². The molecule has 1 heterocycles. The quantitative estimate of drug-likeness (QED) is 0.759. The number of fused-ring (bicyclic) bond motifs is 1. The molecule has 0 amide bonds. The van der Waals surface area contributed by atoms with Crippen LogP contribution >= 0.6 is 0 Å². The van der Waals surface area contributed by atoms with Crippen LogP contribution in [0.3, 0.4) is 0 Å². The molecule has 2 nitrogen and oxygen atoms in total. The van der Waals surface area contributed by atoms with E-state index < -0.39 is 0 Å². The van der Waals surface area contributed by atoms with E-state index in [4.69, 9.17) is 0 Å². The number of anilines is 2. The smallest absolute Gasteiger partial charge is 0.0839 e. The highest BCUT2D eigenvalue weighted by atomic mass is 15.3. The minimum atomic E-state index is 0.351. The standard InChI is InChI=1S/C20H26N2/c1-14-12-15(2)16(3)20(13-14)22-17(4)21(5)11-10-18-8-6-7-9-19(18)22/h6-9,12-13,17H,10-11H2,1-5H3. The van der Waals surface area contributed by atoms with Gasteiger partial charge in [-0.3, -0.25) is 4.90 Å². The molecule has 0 saturated carbocycles. The fourth-order valence-electron chi connectivity index (χ4n) is 3.44. The Hall–Kier alpha value is -1.80. The van der Waals surface area contributed by atoms with Crippen LogP contribution in [0.2, 0.25) is 0 Å². The minimum Gasteiger partial charge on any atom is -0.325 e. The molecular formula is C20H26N2. The third-order valence-electron chi connectivity index (χ3n) is 5.04. The summed E-state index contributed by atoms with van der Waals surface area (Å²) >= 11 is 0. The summed E-state index contributed by atoms with van der Waals surface area (Å²) in [6.07, 6.45) is 1.46. The zero-order valence-corrected chi connectivity index (χ0v) is 14.4. The topological polar surface area (TPSA) is 6.48 Å². The van der Waals surface area contributed by atoms with Crippen molar-refractivity contribution in [2.24, 2.45) is 0 Å². The van der Waals surface area contributed by atoms with E-state index in [0.717, 1.165) is 13.0 Å². The van der Waals surface area contributed by atoms with Gasteiger partial charge in [0.05, 0.1) is 6.17 Å². The van der Waals surface area contributed by atoms with Gasteiger partial charge in [-0.05, 0) is 75.5 Å². The summed E-state index contributed by atoms with van der Waals surface area (Å²) in [5, 5.41) is 0. The van der Waals surface area contributed by atoms with E-state index in [1.165, 1.54) is 33.6 Å². The van der Waals surface area contributed by atoms with Crippen LogP contribution in [0, 0.1) is 20.8 Å². The van der Waals surface area contributed by atoms with Crippen molar-refractivity contribution in [1.82, 2.24) is 4.90 Å².